The van der Waals surface area contributed by atoms with Crippen molar-refractivity contribution in [2.24, 2.45) is 0 Å². The van der Waals surface area contributed by atoms with Crippen molar-refractivity contribution in [2.75, 3.05) is 0 Å². The highest BCUT2D eigenvalue weighted by Crippen LogP contribution is 2.23. The molecule has 1 atom stereocenters. The standard InChI is InChI=1S/C12H13NO2/c1-2-10(7-12(14)15)11-5-3-9(8-13)4-6-11/h3-6,10H,2,7H2,1H3,(H,14,15)/t10-/m0/s1. The topological polar surface area (TPSA) is 61.1 Å². The largest absolute Gasteiger partial charge is 0.481 e. The minimum Gasteiger partial charge on any atom is -0.481 e. The molecule has 0 fully saturated rings. The highest BCUT2D eigenvalue weighted by molar-refractivity contribution is 5.68. The number of rotatable bonds is 4. The smallest absolute Gasteiger partial charge is 0.303 e. The van der Waals surface area contributed by atoms with Crippen LogP contribution in [0.15, 0.2) is 24.3 Å². The molecule has 0 saturated carbocycles. The Labute approximate surface area is 89.0 Å². The van der Waals surface area contributed by atoms with Gasteiger partial charge in [0, 0.05) is 0 Å². The summed E-state index contributed by atoms with van der Waals surface area (Å²) >= 11 is 0. The Balaban J connectivity index is 2.84. The maximum atomic E-state index is 10.6. The number of carboxylic acids is 1. The highest BCUT2D eigenvalue weighted by Gasteiger charge is 2.13. The van der Waals surface area contributed by atoms with Gasteiger partial charge in [0.1, 0.15) is 0 Å². The van der Waals surface area contributed by atoms with Crippen LogP contribution in [0.5, 0.6) is 0 Å². The molecule has 0 bridgehead atoms. The number of hydrogen-bond donors (Lipinski definition) is 1. The lowest BCUT2D eigenvalue weighted by Gasteiger charge is -2.12. The van der Waals surface area contributed by atoms with E-state index in [0.29, 0.717) is 5.56 Å². The molecule has 15 heavy (non-hydrogen) atoms. The predicted molar refractivity (Wildman–Crippen MR) is 56.4 cm³/mol. The van der Waals surface area contributed by atoms with Crippen molar-refractivity contribution in [1.82, 2.24) is 0 Å². The van der Waals surface area contributed by atoms with Crippen molar-refractivity contribution in [3.8, 4) is 6.07 Å². The highest BCUT2D eigenvalue weighted by atomic mass is 16.4. The van der Waals surface area contributed by atoms with Crippen molar-refractivity contribution in [1.29, 1.82) is 5.26 Å². The van der Waals surface area contributed by atoms with Gasteiger partial charge in [0.15, 0.2) is 0 Å². The number of aliphatic carboxylic acids is 1. The van der Waals surface area contributed by atoms with E-state index in [1.165, 1.54) is 0 Å². The SMILES string of the molecule is CC[C@@H](CC(=O)O)c1ccc(C#N)cc1. The fourth-order valence-electron chi connectivity index (χ4n) is 1.54. The van der Waals surface area contributed by atoms with Gasteiger partial charge in [-0.25, -0.2) is 0 Å². The average Bonchev–Trinajstić information content (AvgIpc) is 2.26. The number of benzene rings is 1. The van der Waals surface area contributed by atoms with Crippen LogP contribution in [-0.4, -0.2) is 11.1 Å². The first-order valence-corrected chi connectivity index (χ1v) is 4.89. The van der Waals surface area contributed by atoms with E-state index >= 15 is 0 Å². The number of carboxylic acid groups (broad SMARTS) is 1. The van der Waals surface area contributed by atoms with Crippen LogP contribution in [0.1, 0.15) is 36.8 Å². The zero-order chi connectivity index (χ0) is 11.3. The summed E-state index contributed by atoms with van der Waals surface area (Å²) in [6.45, 7) is 1.96. The molecular formula is C12H13NO2. The van der Waals surface area contributed by atoms with E-state index in [-0.39, 0.29) is 12.3 Å². The van der Waals surface area contributed by atoms with Crippen LogP contribution in [0.3, 0.4) is 0 Å². The van der Waals surface area contributed by atoms with E-state index in [1.54, 1.807) is 12.1 Å². The third-order valence-corrected chi connectivity index (χ3v) is 2.43. The van der Waals surface area contributed by atoms with Crippen molar-refractivity contribution in [2.45, 2.75) is 25.7 Å². The summed E-state index contributed by atoms with van der Waals surface area (Å²) in [7, 11) is 0. The van der Waals surface area contributed by atoms with Gasteiger partial charge in [0.05, 0.1) is 18.1 Å². The molecule has 1 N–H and O–H groups in total. The zero-order valence-electron chi connectivity index (χ0n) is 8.60. The second-order valence-electron chi connectivity index (χ2n) is 3.44. The summed E-state index contributed by atoms with van der Waals surface area (Å²) in [4.78, 5) is 10.6. The fraction of sp³-hybridized carbons (Fsp3) is 0.333. The van der Waals surface area contributed by atoms with E-state index in [9.17, 15) is 4.79 Å². The summed E-state index contributed by atoms with van der Waals surface area (Å²) in [6, 6.07) is 9.14. The van der Waals surface area contributed by atoms with Crippen LogP contribution in [0.4, 0.5) is 0 Å². The Kier molecular flexibility index (Phi) is 3.87. The van der Waals surface area contributed by atoms with Gasteiger partial charge in [0.25, 0.3) is 0 Å². The number of carbonyl (C=O) groups is 1. The van der Waals surface area contributed by atoms with Gasteiger partial charge in [-0.05, 0) is 30.0 Å². The maximum absolute atomic E-state index is 10.6. The minimum absolute atomic E-state index is 0.0373. The first-order chi connectivity index (χ1) is 7.17. The molecular weight excluding hydrogens is 190 g/mol. The number of nitriles is 1. The molecule has 78 valence electrons. The molecule has 0 heterocycles. The third kappa shape index (κ3) is 3.10. The molecule has 3 heteroatoms. The number of hydrogen-bond acceptors (Lipinski definition) is 2. The fourth-order valence-corrected chi connectivity index (χ4v) is 1.54. The lowest BCUT2D eigenvalue weighted by Crippen LogP contribution is -2.05. The zero-order valence-corrected chi connectivity index (χ0v) is 8.60. The third-order valence-electron chi connectivity index (χ3n) is 2.43. The quantitative estimate of drug-likeness (QED) is 0.817. The van der Waals surface area contributed by atoms with Crippen molar-refractivity contribution in [3.63, 3.8) is 0 Å². The van der Waals surface area contributed by atoms with Crippen LogP contribution in [0.25, 0.3) is 0 Å². The summed E-state index contributed by atoms with van der Waals surface area (Å²) in [5, 5.41) is 17.4. The molecule has 0 aliphatic carbocycles. The molecule has 0 unspecified atom stereocenters. The maximum Gasteiger partial charge on any atom is 0.303 e. The Morgan fingerprint density at radius 3 is 2.47 bits per heavy atom. The van der Waals surface area contributed by atoms with Crippen LogP contribution >= 0.6 is 0 Å². The molecule has 0 amide bonds. The Morgan fingerprint density at radius 1 is 1.47 bits per heavy atom. The normalized spacial score (nSPS) is 11.7. The van der Waals surface area contributed by atoms with Crippen molar-refractivity contribution >= 4 is 5.97 Å². The monoisotopic (exact) mass is 203 g/mol. The van der Waals surface area contributed by atoms with E-state index in [2.05, 4.69) is 0 Å². The van der Waals surface area contributed by atoms with E-state index < -0.39 is 5.97 Å². The van der Waals surface area contributed by atoms with Gasteiger partial charge >= 0.3 is 5.97 Å². The molecule has 1 aromatic rings. The molecule has 1 rings (SSSR count). The molecule has 3 nitrogen and oxygen atoms in total. The summed E-state index contributed by atoms with van der Waals surface area (Å²) < 4.78 is 0. The van der Waals surface area contributed by atoms with Crippen LogP contribution < -0.4 is 0 Å². The van der Waals surface area contributed by atoms with Gasteiger partial charge in [-0.3, -0.25) is 4.79 Å². The Bertz CT molecular complexity index is 376. The van der Waals surface area contributed by atoms with Gasteiger partial charge in [-0.1, -0.05) is 19.1 Å². The molecule has 0 aromatic heterocycles. The van der Waals surface area contributed by atoms with Crippen molar-refractivity contribution < 1.29 is 9.90 Å². The second kappa shape index (κ2) is 5.16. The lowest BCUT2D eigenvalue weighted by molar-refractivity contribution is -0.137. The van der Waals surface area contributed by atoms with Gasteiger partial charge in [0.2, 0.25) is 0 Å². The molecule has 0 aliphatic heterocycles. The van der Waals surface area contributed by atoms with E-state index in [4.69, 9.17) is 10.4 Å². The van der Waals surface area contributed by atoms with Crippen molar-refractivity contribution in [3.05, 3.63) is 35.4 Å². The van der Waals surface area contributed by atoms with Crippen LogP contribution in [0.2, 0.25) is 0 Å². The Morgan fingerprint density at radius 2 is 2.07 bits per heavy atom. The molecule has 0 spiro atoms. The summed E-state index contributed by atoms with van der Waals surface area (Å²) in [5.74, 6) is -0.749. The molecule has 0 aliphatic rings. The van der Waals surface area contributed by atoms with Gasteiger partial charge < -0.3 is 5.11 Å². The van der Waals surface area contributed by atoms with Crippen LogP contribution in [-0.2, 0) is 4.79 Å². The van der Waals surface area contributed by atoms with Gasteiger partial charge in [-0.15, -0.1) is 0 Å². The second-order valence-corrected chi connectivity index (χ2v) is 3.44. The minimum atomic E-state index is -0.786. The van der Waals surface area contributed by atoms with Gasteiger partial charge in [-0.2, -0.15) is 5.26 Å². The first-order valence-electron chi connectivity index (χ1n) is 4.89. The summed E-state index contributed by atoms with van der Waals surface area (Å²) in [6.07, 6.45) is 0.931. The Hall–Kier alpha value is -1.82. The van der Waals surface area contributed by atoms with E-state index in [0.717, 1.165) is 12.0 Å². The van der Waals surface area contributed by atoms with E-state index in [1.807, 2.05) is 25.1 Å². The lowest BCUT2D eigenvalue weighted by atomic mass is 9.93. The first kappa shape index (κ1) is 11.3. The molecule has 0 saturated heterocycles. The summed E-state index contributed by atoms with van der Waals surface area (Å²) in [5.41, 5.74) is 1.59. The molecule has 0 radical (unpaired) electrons. The van der Waals surface area contributed by atoms with Crippen LogP contribution in [0, 0.1) is 11.3 Å². The number of nitrogens with zero attached hydrogens (tertiary/aromatic N) is 1. The molecule has 1 aromatic carbocycles. The predicted octanol–water partition coefficient (Wildman–Crippen LogP) is 2.53. The average molecular weight is 203 g/mol.